The molecule has 1 amide bonds. The number of nitrogen functional groups attached to an aromatic ring is 1. The summed E-state index contributed by atoms with van der Waals surface area (Å²) in [5, 5.41) is 0.995. The number of benzene rings is 2. The lowest BCUT2D eigenvalue weighted by Crippen LogP contribution is -2.36. The average molecular weight is 317 g/mol. The number of nitrogens with two attached hydrogens (primary N) is 1. The summed E-state index contributed by atoms with van der Waals surface area (Å²) < 4.78 is 0. The fourth-order valence-corrected chi connectivity index (χ4v) is 3.35. The monoisotopic (exact) mass is 317 g/mol. The first kappa shape index (κ1) is 14.7. The minimum atomic E-state index is 0.0866. The molecule has 1 aliphatic heterocycles. The molecule has 0 saturated carbocycles. The first-order valence-corrected chi connectivity index (χ1v) is 8.25. The Morgan fingerprint density at radius 2 is 1.96 bits per heavy atom. The van der Waals surface area contributed by atoms with E-state index >= 15 is 0 Å². The van der Waals surface area contributed by atoms with Gasteiger partial charge in [-0.15, -0.1) is 0 Å². The van der Waals surface area contributed by atoms with Gasteiger partial charge in [-0.3, -0.25) is 9.78 Å². The third kappa shape index (κ3) is 2.60. The number of para-hydroxylation sites is 2. The molecule has 0 atom stereocenters. The number of anilines is 2. The second-order valence-electron chi connectivity index (χ2n) is 6.18. The van der Waals surface area contributed by atoms with Crippen LogP contribution < -0.4 is 10.6 Å². The van der Waals surface area contributed by atoms with Crippen molar-refractivity contribution in [3.8, 4) is 0 Å². The Hall–Kier alpha value is -2.88. The van der Waals surface area contributed by atoms with Crippen molar-refractivity contribution < 1.29 is 4.79 Å². The van der Waals surface area contributed by atoms with E-state index in [1.165, 1.54) is 5.56 Å². The van der Waals surface area contributed by atoms with Crippen LogP contribution in [0, 0.1) is 0 Å². The number of amides is 1. The Bertz CT molecular complexity index is 920. The molecule has 4 rings (SSSR count). The first-order chi connectivity index (χ1) is 11.7. The molecule has 2 N–H and O–H groups in total. The largest absolute Gasteiger partial charge is 0.397 e. The summed E-state index contributed by atoms with van der Waals surface area (Å²) in [7, 11) is 0. The number of pyridine rings is 1. The van der Waals surface area contributed by atoms with Gasteiger partial charge in [-0.05, 0) is 36.6 Å². The lowest BCUT2D eigenvalue weighted by Gasteiger charge is -2.29. The highest BCUT2D eigenvalue weighted by molar-refractivity contribution is 5.96. The zero-order valence-corrected chi connectivity index (χ0v) is 13.4. The van der Waals surface area contributed by atoms with Gasteiger partial charge in [0.1, 0.15) is 0 Å². The summed E-state index contributed by atoms with van der Waals surface area (Å²) in [6.45, 7) is 0.769. The molecule has 2 aromatic carbocycles. The quantitative estimate of drug-likeness (QED) is 0.738. The molecule has 4 heteroatoms. The number of aromatic nitrogens is 1. The van der Waals surface area contributed by atoms with Gasteiger partial charge in [0.2, 0.25) is 5.91 Å². The van der Waals surface area contributed by atoms with Crippen LogP contribution in [0.4, 0.5) is 11.4 Å². The second kappa shape index (κ2) is 5.96. The van der Waals surface area contributed by atoms with Crippen LogP contribution in [0.1, 0.15) is 17.7 Å². The molecule has 0 fully saturated rings. The number of nitrogens with zero attached hydrogens (tertiary/aromatic N) is 2. The maximum absolute atomic E-state index is 12.8. The van der Waals surface area contributed by atoms with Crippen LogP contribution in [0.3, 0.4) is 0 Å². The van der Waals surface area contributed by atoms with Gasteiger partial charge in [-0.25, -0.2) is 0 Å². The number of fused-ring (bicyclic) bond motifs is 2. The molecule has 0 radical (unpaired) electrons. The number of carbonyl (C=O) groups excluding carboxylic acids is 1. The molecule has 1 aromatic heterocycles. The molecule has 0 bridgehead atoms. The number of hydrogen-bond acceptors (Lipinski definition) is 3. The van der Waals surface area contributed by atoms with Gasteiger partial charge < -0.3 is 10.6 Å². The summed E-state index contributed by atoms with van der Waals surface area (Å²) in [4.78, 5) is 19.3. The normalized spacial score (nSPS) is 13.8. The number of aryl methyl sites for hydroxylation is 1. The molecule has 0 spiro atoms. The molecular weight excluding hydrogens is 298 g/mol. The molecule has 120 valence electrons. The van der Waals surface area contributed by atoms with Crippen LogP contribution in [0.5, 0.6) is 0 Å². The van der Waals surface area contributed by atoms with Gasteiger partial charge >= 0.3 is 0 Å². The van der Waals surface area contributed by atoms with E-state index < -0.39 is 0 Å². The van der Waals surface area contributed by atoms with Crippen molar-refractivity contribution in [2.75, 3.05) is 17.2 Å². The number of carbonyl (C=O) groups is 1. The van der Waals surface area contributed by atoms with Gasteiger partial charge in [0.15, 0.2) is 0 Å². The maximum Gasteiger partial charge on any atom is 0.233 e. The van der Waals surface area contributed by atoms with E-state index in [0.717, 1.165) is 41.7 Å². The van der Waals surface area contributed by atoms with Crippen LogP contribution in [0.15, 0.2) is 54.6 Å². The van der Waals surface area contributed by atoms with Crippen LogP contribution in [0.2, 0.25) is 0 Å². The van der Waals surface area contributed by atoms with Crippen molar-refractivity contribution >= 4 is 28.2 Å². The SMILES string of the molecule is Nc1cccc2ccc(CC(=O)N3CCCc4ccccc43)nc12. The lowest BCUT2D eigenvalue weighted by molar-refractivity contribution is -0.118. The second-order valence-corrected chi connectivity index (χ2v) is 6.18. The van der Waals surface area contributed by atoms with Crippen molar-refractivity contribution in [2.24, 2.45) is 0 Å². The van der Waals surface area contributed by atoms with Gasteiger partial charge in [-0.1, -0.05) is 36.4 Å². The molecule has 1 aliphatic rings. The van der Waals surface area contributed by atoms with Crippen LogP contribution in [0.25, 0.3) is 10.9 Å². The summed E-state index contributed by atoms with van der Waals surface area (Å²) in [5.41, 5.74) is 10.5. The maximum atomic E-state index is 12.8. The molecule has 3 aromatic rings. The van der Waals surface area contributed by atoms with Crippen molar-refractivity contribution in [2.45, 2.75) is 19.3 Å². The van der Waals surface area contributed by atoms with E-state index in [1.807, 2.05) is 53.4 Å². The van der Waals surface area contributed by atoms with E-state index in [4.69, 9.17) is 5.73 Å². The Morgan fingerprint density at radius 1 is 1.08 bits per heavy atom. The third-order valence-electron chi connectivity index (χ3n) is 4.55. The van der Waals surface area contributed by atoms with Crippen molar-refractivity contribution in [3.63, 3.8) is 0 Å². The highest BCUT2D eigenvalue weighted by Crippen LogP contribution is 2.27. The molecular formula is C20H19N3O. The Labute approximate surface area is 140 Å². The number of rotatable bonds is 2. The molecule has 24 heavy (non-hydrogen) atoms. The highest BCUT2D eigenvalue weighted by Gasteiger charge is 2.22. The van der Waals surface area contributed by atoms with Gasteiger partial charge in [-0.2, -0.15) is 0 Å². The van der Waals surface area contributed by atoms with Crippen molar-refractivity contribution in [1.82, 2.24) is 4.98 Å². The fraction of sp³-hybridized carbons (Fsp3) is 0.200. The lowest BCUT2D eigenvalue weighted by atomic mass is 10.0. The predicted molar refractivity (Wildman–Crippen MR) is 97.0 cm³/mol. The van der Waals surface area contributed by atoms with E-state index in [2.05, 4.69) is 11.1 Å². The number of hydrogen-bond donors (Lipinski definition) is 1. The van der Waals surface area contributed by atoms with Gasteiger partial charge in [0, 0.05) is 17.6 Å². The Morgan fingerprint density at radius 3 is 2.88 bits per heavy atom. The summed E-state index contributed by atoms with van der Waals surface area (Å²) >= 11 is 0. The highest BCUT2D eigenvalue weighted by atomic mass is 16.2. The fourth-order valence-electron chi connectivity index (χ4n) is 3.35. The van der Waals surface area contributed by atoms with Crippen LogP contribution in [-0.4, -0.2) is 17.4 Å². The standard InChI is InChI=1S/C20H19N3O/c21-17-8-3-6-15-10-11-16(22-20(15)17)13-19(24)23-12-4-7-14-5-1-2-9-18(14)23/h1-3,5-6,8-11H,4,7,12-13,21H2. The van der Waals surface area contributed by atoms with Crippen molar-refractivity contribution in [1.29, 1.82) is 0 Å². The van der Waals surface area contributed by atoms with Gasteiger partial charge in [0.25, 0.3) is 0 Å². The molecule has 4 nitrogen and oxygen atoms in total. The minimum absolute atomic E-state index is 0.0866. The molecule has 0 unspecified atom stereocenters. The zero-order chi connectivity index (χ0) is 16.5. The van der Waals surface area contributed by atoms with Crippen molar-refractivity contribution in [3.05, 3.63) is 65.9 Å². The first-order valence-electron chi connectivity index (χ1n) is 8.25. The van der Waals surface area contributed by atoms with E-state index in [1.54, 1.807) is 0 Å². The van der Waals surface area contributed by atoms with Gasteiger partial charge in [0.05, 0.1) is 23.3 Å². The average Bonchev–Trinajstić information content (AvgIpc) is 2.62. The van der Waals surface area contributed by atoms with E-state index in [-0.39, 0.29) is 5.91 Å². The van der Waals surface area contributed by atoms with Crippen LogP contribution >= 0.6 is 0 Å². The third-order valence-corrected chi connectivity index (χ3v) is 4.55. The van der Waals surface area contributed by atoms with E-state index in [9.17, 15) is 4.79 Å². The molecule has 0 saturated heterocycles. The smallest absolute Gasteiger partial charge is 0.233 e. The molecule has 0 aliphatic carbocycles. The molecule has 2 heterocycles. The van der Waals surface area contributed by atoms with Crippen LogP contribution in [-0.2, 0) is 17.6 Å². The topological polar surface area (TPSA) is 59.2 Å². The predicted octanol–water partition coefficient (Wildman–Crippen LogP) is 3.34. The Kier molecular flexibility index (Phi) is 3.65. The van der Waals surface area contributed by atoms with E-state index in [0.29, 0.717) is 12.1 Å². The minimum Gasteiger partial charge on any atom is -0.397 e. The summed E-state index contributed by atoms with van der Waals surface area (Å²) in [5.74, 6) is 0.0866. The Balaban J connectivity index is 1.62. The zero-order valence-electron chi connectivity index (χ0n) is 13.4. The summed E-state index contributed by atoms with van der Waals surface area (Å²) in [6, 6.07) is 17.8. The summed E-state index contributed by atoms with van der Waals surface area (Å²) in [6.07, 6.45) is 2.32.